The average molecular weight is 484 g/mol. The van der Waals surface area contributed by atoms with Gasteiger partial charge in [0, 0.05) is 36.3 Å². The molecule has 0 bridgehead atoms. The number of hydrogen-bond donors (Lipinski definition) is 1. The third-order valence-electron chi connectivity index (χ3n) is 5.06. The highest BCUT2D eigenvalue weighted by Crippen LogP contribution is 2.28. The molecule has 0 unspecified atom stereocenters. The maximum atomic E-state index is 13.6. The predicted octanol–water partition coefficient (Wildman–Crippen LogP) is 3.55. The molecule has 2 aromatic heterocycles. The third-order valence-corrected chi connectivity index (χ3v) is 6.38. The molecule has 1 N–H and O–H groups in total. The fourth-order valence-corrected chi connectivity index (χ4v) is 4.26. The highest BCUT2D eigenvalue weighted by Gasteiger charge is 2.22. The first kappa shape index (κ1) is 23.3. The van der Waals surface area contributed by atoms with Gasteiger partial charge in [0.05, 0.1) is 25.2 Å². The van der Waals surface area contributed by atoms with Crippen LogP contribution in [0.15, 0.2) is 64.8 Å². The predicted molar refractivity (Wildman–Crippen MR) is 127 cm³/mol. The number of rotatable bonds is 8. The largest absolute Gasteiger partial charge is 0.497 e. The number of benzene rings is 2. The summed E-state index contributed by atoms with van der Waals surface area (Å²) in [5.41, 5.74) is 0.532. The number of anilines is 1. The Bertz CT molecular complexity index is 1380. The van der Waals surface area contributed by atoms with Gasteiger partial charge in [-0.3, -0.25) is 18.6 Å². The van der Waals surface area contributed by atoms with Gasteiger partial charge in [-0.1, -0.05) is 24.8 Å². The van der Waals surface area contributed by atoms with Gasteiger partial charge in [-0.2, -0.15) is 0 Å². The zero-order valence-corrected chi connectivity index (χ0v) is 19.5. The Balaban J connectivity index is 1.58. The minimum atomic E-state index is -0.504. The normalized spacial score (nSPS) is 11.9. The minimum Gasteiger partial charge on any atom is -0.497 e. The van der Waals surface area contributed by atoms with Crippen molar-refractivity contribution in [2.75, 3.05) is 19.5 Å². The molecule has 11 heteroatoms. The number of nitrogens with zero attached hydrogens (tertiary/aromatic N) is 4. The van der Waals surface area contributed by atoms with Gasteiger partial charge in [0.15, 0.2) is 5.16 Å². The van der Waals surface area contributed by atoms with E-state index in [0.29, 0.717) is 34.5 Å². The molecule has 0 aliphatic carbocycles. The molecule has 2 aromatic carbocycles. The van der Waals surface area contributed by atoms with Gasteiger partial charge in [-0.25, -0.2) is 4.39 Å². The zero-order valence-electron chi connectivity index (χ0n) is 18.7. The van der Waals surface area contributed by atoms with E-state index in [-0.39, 0.29) is 11.6 Å². The highest BCUT2D eigenvalue weighted by atomic mass is 32.2. The van der Waals surface area contributed by atoms with Gasteiger partial charge in [0.25, 0.3) is 0 Å². The molecule has 0 aliphatic rings. The minimum absolute atomic E-state index is 0.0713. The van der Waals surface area contributed by atoms with Crippen LogP contribution in [0.3, 0.4) is 0 Å². The molecule has 1 amide bonds. The van der Waals surface area contributed by atoms with Crippen LogP contribution in [0.1, 0.15) is 13.3 Å². The summed E-state index contributed by atoms with van der Waals surface area (Å²) < 4.78 is 26.9. The Morgan fingerprint density at radius 2 is 1.85 bits per heavy atom. The number of thioether (sulfide) groups is 1. The Hall–Kier alpha value is -3.86. The summed E-state index contributed by atoms with van der Waals surface area (Å²) in [6, 6.07) is 10.8. The molecular formula is C23H22FN5O4S. The molecule has 0 saturated carbocycles. The Morgan fingerprint density at radius 1 is 1.12 bits per heavy atom. The van der Waals surface area contributed by atoms with E-state index in [9.17, 15) is 14.0 Å². The number of carbonyl (C=O) groups is 1. The Morgan fingerprint density at radius 3 is 2.50 bits per heavy atom. The first-order valence-electron chi connectivity index (χ1n) is 10.4. The van der Waals surface area contributed by atoms with Crippen molar-refractivity contribution in [3.8, 4) is 17.2 Å². The van der Waals surface area contributed by atoms with Crippen LogP contribution in [-0.2, 0) is 4.79 Å². The smallest absolute Gasteiger partial charge is 0.300 e. The number of hydrogen-bond acceptors (Lipinski definition) is 7. The third kappa shape index (κ3) is 4.74. The number of fused-ring (bicyclic) bond motifs is 1. The molecule has 0 aliphatic heterocycles. The van der Waals surface area contributed by atoms with Gasteiger partial charge in [-0.15, -0.1) is 10.2 Å². The summed E-state index contributed by atoms with van der Waals surface area (Å²) in [4.78, 5) is 25.9. The first-order chi connectivity index (χ1) is 16.4. The zero-order chi connectivity index (χ0) is 24.2. The molecule has 176 valence electrons. The maximum Gasteiger partial charge on any atom is 0.300 e. The molecule has 0 saturated heterocycles. The fourth-order valence-electron chi connectivity index (χ4n) is 3.33. The van der Waals surface area contributed by atoms with Crippen LogP contribution >= 0.6 is 11.8 Å². The molecule has 9 nitrogen and oxygen atoms in total. The number of ether oxygens (including phenoxy) is 2. The van der Waals surface area contributed by atoms with E-state index >= 15 is 0 Å². The van der Waals surface area contributed by atoms with Crippen molar-refractivity contribution < 1.29 is 18.7 Å². The summed E-state index contributed by atoms with van der Waals surface area (Å²) in [5, 5.41) is 10.9. The Kier molecular flexibility index (Phi) is 6.82. The lowest BCUT2D eigenvalue weighted by molar-refractivity contribution is -0.115. The number of carbonyl (C=O) groups excluding carboxylic acids is 1. The van der Waals surface area contributed by atoms with Crippen molar-refractivity contribution in [1.29, 1.82) is 0 Å². The fraction of sp³-hybridized carbons (Fsp3) is 0.217. The number of amides is 1. The number of aromatic nitrogens is 4. The summed E-state index contributed by atoms with van der Waals surface area (Å²) in [7, 11) is 3.06. The van der Waals surface area contributed by atoms with Crippen LogP contribution < -0.4 is 20.3 Å². The summed E-state index contributed by atoms with van der Waals surface area (Å²) in [5.74, 6) is 0.404. The number of halogens is 1. The number of nitrogens with one attached hydrogen (secondary N) is 1. The van der Waals surface area contributed by atoms with Crippen LogP contribution in [0.5, 0.6) is 11.5 Å². The Labute approximate surface area is 198 Å². The van der Waals surface area contributed by atoms with Gasteiger partial charge >= 0.3 is 5.56 Å². The van der Waals surface area contributed by atoms with Crippen LogP contribution in [0.25, 0.3) is 11.3 Å². The van der Waals surface area contributed by atoms with E-state index in [0.717, 1.165) is 0 Å². The molecule has 0 radical (unpaired) electrons. The van der Waals surface area contributed by atoms with Crippen molar-refractivity contribution in [3.63, 3.8) is 0 Å². The topological polar surface area (TPSA) is 99.8 Å². The summed E-state index contributed by atoms with van der Waals surface area (Å²) in [6.07, 6.45) is 3.63. The first-order valence-corrected chi connectivity index (χ1v) is 11.2. The SMILES string of the molecule is CC[C@H](Sc1nnc2c(=O)n(-c3cccc(F)c3)ccn12)C(=O)Nc1cc(OC)cc(OC)c1. The van der Waals surface area contributed by atoms with Crippen LogP contribution in [0.2, 0.25) is 0 Å². The van der Waals surface area contributed by atoms with Gasteiger partial charge < -0.3 is 14.8 Å². The van der Waals surface area contributed by atoms with E-state index in [1.54, 1.807) is 30.5 Å². The number of methoxy groups -OCH3 is 2. The molecule has 4 rings (SSSR count). The van der Waals surface area contributed by atoms with E-state index in [2.05, 4.69) is 15.5 Å². The monoisotopic (exact) mass is 483 g/mol. The molecular weight excluding hydrogens is 461 g/mol. The van der Waals surface area contributed by atoms with Crippen LogP contribution in [0, 0.1) is 5.82 Å². The lowest BCUT2D eigenvalue weighted by Crippen LogP contribution is -2.25. The van der Waals surface area contributed by atoms with Crippen molar-refractivity contribution in [1.82, 2.24) is 19.2 Å². The van der Waals surface area contributed by atoms with E-state index in [1.807, 2.05) is 6.92 Å². The molecule has 0 fully saturated rings. The van der Waals surface area contributed by atoms with Gasteiger partial charge in [0.2, 0.25) is 11.6 Å². The van der Waals surface area contributed by atoms with E-state index in [4.69, 9.17) is 9.47 Å². The van der Waals surface area contributed by atoms with Crippen LogP contribution in [0.4, 0.5) is 10.1 Å². The quantitative estimate of drug-likeness (QED) is 0.383. The molecule has 4 aromatic rings. The van der Waals surface area contributed by atoms with Gasteiger partial charge in [-0.05, 0) is 24.6 Å². The lowest BCUT2D eigenvalue weighted by atomic mass is 10.2. The van der Waals surface area contributed by atoms with Gasteiger partial charge in [0.1, 0.15) is 17.3 Å². The molecule has 34 heavy (non-hydrogen) atoms. The van der Waals surface area contributed by atoms with E-state index < -0.39 is 16.6 Å². The molecule has 2 heterocycles. The van der Waals surface area contributed by atoms with Crippen molar-refractivity contribution in [3.05, 3.63) is 71.0 Å². The van der Waals surface area contributed by atoms with Crippen LogP contribution in [-0.4, -0.2) is 44.5 Å². The molecule has 1 atom stereocenters. The second kappa shape index (κ2) is 9.96. The average Bonchev–Trinajstić information content (AvgIpc) is 3.25. The maximum absolute atomic E-state index is 13.6. The summed E-state index contributed by atoms with van der Waals surface area (Å²) in [6.45, 7) is 1.88. The summed E-state index contributed by atoms with van der Waals surface area (Å²) >= 11 is 1.19. The van der Waals surface area contributed by atoms with Crippen molar-refractivity contribution in [2.45, 2.75) is 23.8 Å². The second-order valence-electron chi connectivity index (χ2n) is 7.23. The van der Waals surface area contributed by atoms with Crippen molar-refractivity contribution in [2.24, 2.45) is 0 Å². The highest BCUT2D eigenvalue weighted by molar-refractivity contribution is 8.00. The van der Waals surface area contributed by atoms with E-state index in [1.165, 1.54) is 59.3 Å². The lowest BCUT2D eigenvalue weighted by Gasteiger charge is -2.15. The van der Waals surface area contributed by atoms with Crippen molar-refractivity contribution >= 4 is 29.0 Å². The standard InChI is InChI=1S/C23H22FN5O4S/c1-4-19(21(30)25-15-11-17(32-2)13-18(12-15)33-3)34-23-27-26-20-22(31)28(8-9-29(20)23)16-7-5-6-14(24)10-16/h5-13,19H,4H2,1-3H3,(H,25,30)/t19-/m0/s1. The molecule has 0 spiro atoms. The second-order valence-corrected chi connectivity index (χ2v) is 8.40.